The van der Waals surface area contributed by atoms with E-state index in [1.54, 1.807) is 19.3 Å². The smallest absolute Gasteiger partial charge is 0.336 e. The average Bonchev–Trinajstić information content (AvgIpc) is 2.73. The topological polar surface area (TPSA) is 55.8 Å². The molecule has 1 N–H and O–H groups in total. The summed E-state index contributed by atoms with van der Waals surface area (Å²) >= 11 is 0. The lowest BCUT2D eigenvalue weighted by Crippen LogP contribution is -2.59. The van der Waals surface area contributed by atoms with Gasteiger partial charge >= 0.3 is 5.97 Å². The Labute approximate surface area is 137 Å². The van der Waals surface area contributed by atoms with Gasteiger partial charge in [0.25, 0.3) is 6.29 Å². The molecule has 0 aromatic carbocycles. The highest BCUT2D eigenvalue weighted by molar-refractivity contribution is 5.89. The van der Waals surface area contributed by atoms with Crippen LogP contribution in [0.3, 0.4) is 0 Å². The Balaban J connectivity index is 1.60. The molecule has 2 fully saturated rings. The van der Waals surface area contributed by atoms with E-state index in [1.165, 1.54) is 6.42 Å². The molecule has 4 nitrogen and oxygen atoms in total. The van der Waals surface area contributed by atoms with Gasteiger partial charge in [0.05, 0.1) is 12.4 Å². The predicted molar refractivity (Wildman–Crippen MR) is 87.2 cm³/mol. The second-order valence-electron chi connectivity index (χ2n) is 8.01. The first-order valence-electron chi connectivity index (χ1n) is 8.30. The summed E-state index contributed by atoms with van der Waals surface area (Å²) in [6, 6.07) is 0. The van der Waals surface area contributed by atoms with Crippen molar-refractivity contribution in [2.45, 2.75) is 59.4 Å². The lowest BCUT2D eigenvalue weighted by molar-refractivity contribution is -0.168. The van der Waals surface area contributed by atoms with E-state index in [4.69, 9.17) is 9.47 Å². The summed E-state index contributed by atoms with van der Waals surface area (Å²) in [6.07, 6.45) is 9.84. The van der Waals surface area contributed by atoms with Gasteiger partial charge in [-0.15, -0.1) is 0 Å². The number of rotatable bonds is 4. The van der Waals surface area contributed by atoms with Crippen LogP contribution in [0.15, 0.2) is 35.6 Å². The molecule has 1 heterocycles. The van der Waals surface area contributed by atoms with Gasteiger partial charge < -0.3 is 14.6 Å². The standard InChI is InChI=1S/C19H26O4/c1-12(10-22-16-7-13(2)17(21)23-16)5-6-15-18(3)8-14(20)9-19(15,4)11-18/h5-7,10,14-16,20H,8-9,11H2,1-4H3/b6-5+,12-10-/t14?,15?,16?,18-,19?/m0/s1. The highest BCUT2D eigenvalue weighted by atomic mass is 16.7. The SMILES string of the molecule is CC1=CC(O/C=C(C)\C=C\C2C3(C)CC(O)C[C@@]2(C)C3)OC1=O. The van der Waals surface area contributed by atoms with Crippen LogP contribution < -0.4 is 0 Å². The molecule has 2 bridgehead atoms. The lowest BCUT2D eigenvalue weighted by atomic mass is 9.40. The maximum atomic E-state index is 11.3. The van der Waals surface area contributed by atoms with E-state index in [1.807, 2.05) is 6.92 Å². The molecule has 3 aliphatic rings. The molecule has 0 saturated heterocycles. The molecule has 5 atom stereocenters. The first-order chi connectivity index (χ1) is 10.7. The van der Waals surface area contributed by atoms with Gasteiger partial charge in [-0.2, -0.15) is 0 Å². The van der Waals surface area contributed by atoms with Gasteiger partial charge in [-0.1, -0.05) is 26.0 Å². The number of carbonyl (C=O) groups is 1. The lowest BCUT2D eigenvalue weighted by Gasteiger charge is -2.65. The van der Waals surface area contributed by atoms with Gasteiger partial charge in [0.1, 0.15) is 0 Å². The zero-order valence-corrected chi connectivity index (χ0v) is 14.3. The number of hydrogen-bond acceptors (Lipinski definition) is 4. The van der Waals surface area contributed by atoms with Crippen molar-refractivity contribution in [2.75, 3.05) is 0 Å². The number of allylic oxidation sites excluding steroid dienone is 3. The van der Waals surface area contributed by atoms with E-state index in [9.17, 15) is 9.90 Å². The molecule has 4 unspecified atom stereocenters. The van der Waals surface area contributed by atoms with Crippen LogP contribution in [0, 0.1) is 16.7 Å². The highest BCUT2D eigenvalue weighted by Gasteiger charge is 2.61. The second-order valence-corrected chi connectivity index (χ2v) is 8.01. The van der Waals surface area contributed by atoms with Crippen molar-refractivity contribution >= 4 is 5.97 Å². The molecule has 4 heteroatoms. The minimum Gasteiger partial charge on any atom is -0.458 e. The van der Waals surface area contributed by atoms with E-state index < -0.39 is 6.29 Å². The average molecular weight is 318 g/mol. The zero-order chi connectivity index (χ0) is 16.8. The van der Waals surface area contributed by atoms with Crippen molar-refractivity contribution in [1.82, 2.24) is 0 Å². The predicted octanol–water partition coefficient (Wildman–Crippen LogP) is 3.48. The molecular weight excluding hydrogens is 292 g/mol. The Morgan fingerprint density at radius 2 is 2.04 bits per heavy atom. The molecule has 0 spiro atoms. The summed E-state index contributed by atoms with van der Waals surface area (Å²) in [6.45, 7) is 8.23. The number of fused-ring (bicyclic) bond motifs is 2. The van der Waals surface area contributed by atoms with E-state index in [2.05, 4.69) is 26.0 Å². The normalized spacial score (nSPS) is 43.2. The molecule has 23 heavy (non-hydrogen) atoms. The maximum absolute atomic E-state index is 11.3. The van der Waals surface area contributed by atoms with Gasteiger partial charge in [0.15, 0.2) is 0 Å². The Morgan fingerprint density at radius 3 is 2.61 bits per heavy atom. The van der Waals surface area contributed by atoms with Crippen molar-refractivity contribution in [1.29, 1.82) is 0 Å². The minimum atomic E-state index is -0.612. The molecule has 0 aromatic rings. The van der Waals surface area contributed by atoms with Crippen LogP contribution in [0.25, 0.3) is 0 Å². The van der Waals surface area contributed by atoms with Crippen LogP contribution >= 0.6 is 0 Å². The molecule has 3 rings (SSSR count). The fourth-order valence-corrected chi connectivity index (χ4v) is 4.90. The third kappa shape index (κ3) is 2.97. The molecule has 0 amide bonds. The van der Waals surface area contributed by atoms with Crippen LogP contribution in [-0.2, 0) is 14.3 Å². The van der Waals surface area contributed by atoms with Gasteiger partial charge in [-0.3, -0.25) is 0 Å². The fraction of sp³-hybridized carbons (Fsp3) is 0.632. The largest absolute Gasteiger partial charge is 0.458 e. The monoisotopic (exact) mass is 318 g/mol. The van der Waals surface area contributed by atoms with E-state index in [0.29, 0.717) is 11.5 Å². The third-order valence-electron chi connectivity index (χ3n) is 5.58. The van der Waals surface area contributed by atoms with Crippen LogP contribution in [0.1, 0.15) is 47.0 Å². The summed E-state index contributed by atoms with van der Waals surface area (Å²) in [4.78, 5) is 11.3. The molecule has 0 aromatic heterocycles. The van der Waals surface area contributed by atoms with Crippen molar-refractivity contribution in [3.8, 4) is 0 Å². The Kier molecular flexibility index (Phi) is 3.91. The summed E-state index contributed by atoms with van der Waals surface area (Å²) < 4.78 is 10.5. The third-order valence-corrected chi connectivity index (χ3v) is 5.58. The number of carbonyl (C=O) groups excluding carboxylic acids is 1. The minimum absolute atomic E-state index is 0.157. The Hall–Kier alpha value is -1.55. The number of hydrogen-bond donors (Lipinski definition) is 1. The zero-order valence-electron chi connectivity index (χ0n) is 14.3. The molecule has 2 saturated carbocycles. The number of esters is 1. The van der Waals surface area contributed by atoms with Crippen molar-refractivity contribution < 1.29 is 19.4 Å². The van der Waals surface area contributed by atoms with E-state index in [0.717, 1.165) is 18.4 Å². The summed E-state index contributed by atoms with van der Waals surface area (Å²) in [5, 5.41) is 9.98. The van der Waals surface area contributed by atoms with Crippen LogP contribution in [-0.4, -0.2) is 23.5 Å². The molecule has 0 radical (unpaired) electrons. The number of aliphatic hydroxyl groups excluding tert-OH is 1. The summed E-state index contributed by atoms with van der Waals surface area (Å²) in [7, 11) is 0. The molecular formula is C19H26O4. The van der Waals surface area contributed by atoms with E-state index >= 15 is 0 Å². The van der Waals surface area contributed by atoms with Gasteiger partial charge in [-0.25, -0.2) is 4.79 Å². The quantitative estimate of drug-likeness (QED) is 0.490. The van der Waals surface area contributed by atoms with Gasteiger partial charge in [-0.05, 0) is 55.4 Å². The van der Waals surface area contributed by atoms with Crippen LogP contribution in [0.5, 0.6) is 0 Å². The summed E-state index contributed by atoms with van der Waals surface area (Å²) in [5.74, 6) is 0.173. The fourth-order valence-electron chi connectivity index (χ4n) is 4.90. The van der Waals surface area contributed by atoms with Gasteiger partial charge in [0, 0.05) is 11.6 Å². The van der Waals surface area contributed by atoms with E-state index in [-0.39, 0.29) is 22.9 Å². The molecule has 126 valence electrons. The Morgan fingerprint density at radius 1 is 1.39 bits per heavy atom. The summed E-state index contributed by atoms with van der Waals surface area (Å²) in [5.41, 5.74) is 1.99. The highest BCUT2D eigenvalue weighted by Crippen LogP contribution is 2.67. The van der Waals surface area contributed by atoms with Crippen molar-refractivity contribution in [2.24, 2.45) is 16.7 Å². The van der Waals surface area contributed by atoms with Crippen LogP contribution in [0.4, 0.5) is 0 Å². The van der Waals surface area contributed by atoms with Crippen LogP contribution in [0.2, 0.25) is 0 Å². The first-order valence-corrected chi connectivity index (χ1v) is 8.30. The number of aliphatic hydroxyl groups is 1. The molecule has 1 aliphatic heterocycles. The number of cyclic esters (lactones) is 1. The second kappa shape index (κ2) is 5.52. The maximum Gasteiger partial charge on any atom is 0.336 e. The van der Waals surface area contributed by atoms with Crippen molar-refractivity contribution in [3.63, 3.8) is 0 Å². The van der Waals surface area contributed by atoms with Crippen molar-refractivity contribution in [3.05, 3.63) is 35.6 Å². The first kappa shape index (κ1) is 16.3. The Bertz CT molecular complexity index is 576. The number of ether oxygens (including phenoxy) is 2. The molecule has 2 aliphatic carbocycles. The van der Waals surface area contributed by atoms with Gasteiger partial charge in [0.2, 0.25) is 0 Å².